The third-order valence-electron chi connectivity index (χ3n) is 6.00. The highest BCUT2D eigenvalue weighted by atomic mass is 16.3. The van der Waals surface area contributed by atoms with Gasteiger partial charge in [-0.05, 0) is 37.8 Å². The van der Waals surface area contributed by atoms with Gasteiger partial charge in [-0.3, -0.25) is 9.59 Å². The minimum atomic E-state index is -0.440. The molecule has 6 heteroatoms. The van der Waals surface area contributed by atoms with Gasteiger partial charge in [-0.1, -0.05) is 74.5 Å². The van der Waals surface area contributed by atoms with Gasteiger partial charge in [0.15, 0.2) is 5.69 Å². The Balaban J connectivity index is 1.89. The van der Waals surface area contributed by atoms with Crippen LogP contribution in [0.25, 0.3) is 0 Å². The average molecular weight is 448 g/mol. The average Bonchev–Trinajstić information content (AvgIpc) is 3.32. The zero-order valence-corrected chi connectivity index (χ0v) is 19.8. The van der Waals surface area contributed by atoms with Crippen molar-refractivity contribution in [3.8, 4) is 0 Å². The van der Waals surface area contributed by atoms with Gasteiger partial charge in [0, 0.05) is 12.1 Å². The molecule has 6 nitrogen and oxygen atoms in total. The summed E-state index contributed by atoms with van der Waals surface area (Å²) in [6.45, 7) is 8.21. The third kappa shape index (κ3) is 6.09. The number of oxazole rings is 1. The zero-order valence-electron chi connectivity index (χ0n) is 19.8. The van der Waals surface area contributed by atoms with Crippen LogP contribution in [0.2, 0.25) is 0 Å². The van der Waals surface area contributed by atoms with Gasteiger partial charge in [-0.2, -0.15) is 0 Å². The topological polar surface area (TPSA) is 75.4 Å². The number of hydrogen-bond donors (Lipinski definition) is 1. The fraction of sp³-hybridized carbons (Fsp3) is 0.370. The number of rotatable bonds is 10. The standard InChI is InChI=1S/C27H33N3O3/c1-5-19(3)28-26(31)23-18-33-24(29-23)17-30(20(4)6-2)27(32)25(21-13-9-7-10-14-21)22-15-11-8-12-16-22/h7-16,18-20,25H,5-6,17H2,1-4H3,(H,28,31). The lowest BCUT2D eigenvalue weighted by Gasteiger charge is -2.31. The van der Waals surface area contributed by atoms with Crippen molar-refractivity contribution in [2.24, 2.45) is 0 Å². The van der Waals surface area contributed by atoms with E-state index in [0.717, 1.165) is 24.0 Å². The number of hydrogen-bond acceptors (Lipinski definition) is 4. The number of nitrogens with zero attached hydrogens (tertiary/aromatic N) is 2. The number of amides is 2. The van der Waals surface area contributed by atoms with Gasteiger partial charge in [-0.15, -0.1) is 0 Å². The van der Waals surface area contributed by atoms with Crippen molar-refractivity contribution in [1.82, 2.24) is 15.2 Å². The minimum absolute atomic E-state index is 0.0226. The Morgan fingerprint density at radius 1 is 0.939 bits per heavy atom. The van der Waals surface area contributed by atoms with Crippen LogP contribution in [0.3, 0.4) is 0 Å². The van der Waals surface area contributed by atoms with Gasteiger partial charge in [0.1, 0.15) is 6.26 Å². The van der Waals surface area contributed by atoms with Crippen LogP contribution in [0.5, 0.6) is 0 Å². The molecule has 0 fully saturated rings. The first-order valence-corrected chi connectivity index (χ1v) is 11.6. The summed E-state index contributed by atoms with van der Waals surface area (Å²) < 4.78 is 5.60. The Hall–Kier alpha value is -3.41. The van der Waals surface area contributed by atoms with Crippen LogP contribution in [0, 0.1) is 0 Å². The van der Waals surface area contributed by atoms with Crippen LogP contribution in [-0.4, -0.2) is 33.8 Å². The maximum absolute atomic E-state index is 14.0. The van der Waals surface area contributed by atoms with Gasteiger partial charge in [0.2, 0.25) is 11.8 Å². The molecule has 0 aliphatic rings. The number of carbonyl (C=O) groups excluding carboxylic acids is 2. The molecule has 0 aliphatic heterocycles. The maximum atomic E-state index is 14.0. The van der Waals surface area contributed by atoms with Crippen LogP contribution in [-0.2, 0) is 11.3 Å². The molecule has 0 spiro atoms. The number of carbonyl (C=O) groups is 2. The molecule has 0 radical (unpaired) electrons. The van der Waals surface area contributed by atoms with Crippen LogP contribution in [0.15, 0.2) is 71.3 Å². The second-order valence-electron chi connectivity index (χ2n) is 8.39. The van der Waals surface area contributed by atoms with E-state index in [1.54, 1.807) is 4.90 Å². The summed E-state index contributed by atoms with van der Waals surface area (Å²) >= 11 is 0. The monoisotopic (exact) mass is 447 g/mol. The summed E-state index contributed by atoms with van der Waals surface area (Å²) in [5.41, 5.74) is 2.09. The lowest BCUT2D eigenvalue weighted by Crippen LogP contribution is -2.41. The van der Waals surface area contributed by atoms with Gasteiger partial charge in [0.25, 0.3) is 5.91 Å². The Labute approximate surface area is 196 Å². The van der Waals surface area contributed by atoms with Crippen molar-refractivity contribution in [3.63, 3.8) is 0 Å². The van der Waals surface area contributed by atoms with Gasteiger partial charge in [-0.25, -0.2) is 4.98 Å². The number of benzene rings is 2. The summed E-state index contributed by atoms with van der Waals surface area (Å²) in [6.07, 6.45) is 2.97. The summed E-state index contributed by atoms with van der Waals surface area (Å²) in [6, 6.07) is 19.6. The fourth-order valence-corrected chi connectivity index (χ4v) is 3.64. The SMILES string of the molecule is CCC(C)NC(=O)c1coc(CN(C(=O)C(c2ccccc2)c2ccccc2)C(C)CC)n1. The first-order chi connectivity index (χ1) is 15.9. The van der Waals surface area contributed by atoms with Crippen LogP contribution in [0.1, 0.15) is 74.0 Å². The molecule has 33 heavy (non-hydrogen) atoms. The third-order valence-corrected chi connectivity index (χ3v) is 6.00. The first kappa shape index (κ1) is 24.2. The van der Waals surface area contributed by atoms with E-state index in [1.807, 2.05) is 88.4 Å². The molecule has 1 aromatic heterocycles. The lowest BCUT2D eigenvalue weighted by atomic mass is 9.89. The second kappa shape index (κ2) is 11.5. The van der Waals surface area contributed by atoms with Crippen molar-refractivity contribution in [1.29, 1.82) is 0 Å². The van der Waals surface area contributed by atoms with E-state index in [-0.39, 0.29) is 36.1 Å². The van der Waals surface area contributed by atoms with Gasteiger partial charge in [0.05, 0.1) is 12.5 Å². The molecule has 0 bridgehead atoms. The predicted octanol–water partition coefficient (Wildman–Crippen LogP) is 5.16. The zero-order chi connectivity index (χ0) is 23.8. The van der Waals surface area contributed by atoms with E-state index >= 15 is 0 Å². The van der Waals surface area contributed by atoms with E-state index in [9.17, 15) is 9.59 Å². The smallest absolute Gasteiger partial charge is 0.273 e. The largest absolute Gasteiger partial charge is 0.446 e. The maximum Gasteiger partial charge on any atom is 0.273 e. The minimum Gasteiger partial charge on any atom is -0.446 e. The van der Waals surface area contributed by atoms with Crippen molar-refractivity contribution in [2.75, 3.05) is 0 Å². The number of aromatic nitrogens is 1. The van der Waals surface area contributed by atoms with E-state index in [2.05, 4.69) is 10.3 Å². The molecular weight excluding hydrogens is 414 g/mol. The van der Waals surface area contributed by atoms with Crippen molar-refractivity contribution in [3.05, 3.63) is 89.6 Å². The molecule has 3 rings (SSSR count). The molecular formula is C27H33N3O3. The predicted molar refractivity (Wildman–Crippen MR) is 129 cm³/mol. The van der Waals surface area contributed by atoms with Crippen LogP contribution < -0.4 is 5.32 Å². The lowest BCUT2D eigenvalue weighted by molar-refractivity contribution is -0.135. The highest BCUT2D eigenvalue weighted by Crippen LogP contribution is 2.29. The Bertz CT molecular complexity index is 994. The van der Waals surface area contributed by atoms with E-state index in [1.165, 1.54) is 6.26 Å². The Morgan fingerprint density at radius 2 is 1.52 bits per heavy atom. The Kier molecular flexibility index (Phi) is 8.41. The molecule has 0 aliphatic carbocycles. The highest BCUT2D eigenvalue weighted by molar-refractivity contribution is 5.92. The van der Waals surface area contributed by atoms with E-state index in [4.69, 9.17) is 4.42 Å². The Morgan fingerprint density at radius 3 is 2.03 bits per heavy atom. The molecule has 2 unspecified atom stereocenters. The summed E-state index contributed by atoms with van der Waals surface area (Å²) in [7, 11) is 0. The first-order valence-electron chi connectivity index (χ1n) is 11.6. The van der Waals surface area contributed by atoms with Crippen LogP contribution >= 0.6 is 0 Å². The molecule has 1 heterocycles. The van der Waals surface area contributed by atoms with E-state index < -0.39 is 5.92 Å². The van der Waals surface area contributed by atoms with E-state index in [0.29, 0.717) is 5.89 Å². The molecule has 2 aromatic carbocycles. The quantitative estimate of drug-likeness (QED) is 0.466. The summed E-state index contributed by atoms with van der Waals surface area (Å²) in [5, 5.41) is 2.89. The van der Waals surface area contributed by atoms with Crippen molar-refractivity contribution < 1.29 is 14.0 Å². The normalized spacial score (nSPS) is 12.9. The van der Waals surface area contributed by atoms with Crippen LogP contribution in [0.4, 0.5) is 0 Å². The fourth-order valence-electron chi connectivity index (χ4n) is 3.64. The second-order valence-corrected chi connectivity index (χ2v) is 8.39. The molecule has 2 atom stereocenters. The number of nitrogens with one attached hydrogen (secondary N) is 1. The molecule has 3 aromatic rings. The van der Waals surface area contributed by atoms with Gasteiger partial charge < -0.3 is 14.6 Å². The molecule has 174 valence electrons. The van der Waals surface area contributed by atoms with Gasteiger partial charge >= 0.3 is 0 Å². The van der Waals surface area contributed by atoms with Crippen molar-refractivity contribution >= 4 is 11.8 Å². The molecule has 0 saturated carbocycles. The summed E-state index contributed by atoms with van der Waals surface area (Å²) in [5.74, 6) is -0.389. The molecule has 2 amide bonds. The van der Waals surface area contributed by atoms with Crippen molar-refractivity contribution in [2.45, 2.75) is 65.1 Å². The molecule has 0 saturated heterocycles. The summed E-state index contributed by atoms with van der Waals surface area (Å²) in [4.78, 5) is 32.5. The molecule has 1 N–H and O–H groups in total. The highest BCUT2D eigenvalue weighted by Gasteiger charge is 2.31.